The highest BCUT2D eigenvalue weighted by atomic mass is 32.1. The molecule has 0 aromatic carbocycles. The lowest BCUT2D eigenvalue weighted by Gasteiger charge is -2.07. The Morgan fingerprint density at radius 3 is 1.90 bits per heavy atom. The lowest BCUT2D eigenvalue weighted by molar-refractivity contribution is -0.465. The van der Waals surface area contributed by atoms with E-state index in [0.717, 1.165) is 3.97 Å². The van der Waals surface area contributed by atoms with Crippen molar-refractivity contribution < 1.29 is 3.97 Å². The Kier molecular flexibility index (Phi) is 1.42. The number of aromatic nitrogens is 3. The summed E-state index contributed by atoms with van der Waals surface area (Å²) >= 11 is 4.64. The molecule has 0 spiro atoms. The van der Waals surface area contributed by atoms with Gasteiger partial charge in [-0.2, -0.15) is 0 Å². The van der Waals surface area contributed by atoms with Crippen molar-refractivity contribution in [2.45, 2.75) is 0 Å². The third-order valence-electron chi connectivity index (χ3n) is 0.874. The minimum absolute atomic E-state index is 0.0242. The van der Waals surface area contributed by atoms with Crippen LogP contribution in [0, 0.1) is 0 Å². The molecule has 0 aliphatic carbocycles. The van der Waals surface area contributed by atoms with Crippen LogP contribution in [0.15, 0.2) is 0 Å². The van der Waals surface area contributed by atoms with E-state index in [1.54, 1.807) is 0 Å². The van der Waals surface area contributed by atoms with Crippen LogP contribution in [0.1, 0.15) is 0 Å². The predicted molar refractivity (Wildman–Crippen MR) is 38.2 cm³/mol. The third kappa shape index (κ3) is 0.982. The molecule has 1 aromatic heterocycles. The van der Waals surface area contributed by atoms with Crippen LogP contribution in [0.5, 0.6) is 0 Å². The van der Waals surface area contributed by atoms with Gasteiger partial charge in [0.15, 0.2) is 0 Å². The maximum absolute atomic E-state index is 5.27. The second kappa shape index (κ2) is 2.10. The number of nitrogens with two attached hydrogens (primary N) is 3. The highest BCUT2D eigenvalue weighted by Crippen LogP contribution is 1.94. The van der Waals surface area contributed by atoms with Crippen LogP contribution in [0.3, 0.4) is 0 Å². The Balaban J connectivity index is 3.31. The zero-order chi connectivity index (χ0) is 7.72. The minimum Gasteiger partial charge on any atom is -0.626 e. The van der Waals surface area contributed by atoms with Crippen molar-refractivity contribution in [2.75, 3.05) is 17.2 Å². The van der Waals surface area contributed by atoms with Gasteiger partial charge in [0.2, 0.25) is 0 Å². The maximum Gasteiger partial charge on any atom is 0.317 e. The molecule has 0 radical (unpaired) electrons. The number of hydrogen-bond acceptors (Lipinski definition) is 6. The van der Waals surface area contributed by atoms with E-state index in [2.05, 4.69) is 22.8 Å². The number of rotatable bonds is 0. The Hall–Kier alpha value is -1.37. The van der Waals surface area contributed by atoms with Gasteiger partial charge in [-0.25, -0.2) is 0 Å². The topological polar surface area (TPSA) is 108 Å². The van der Waals surface area contributed by atoms with Gasteiger partial charge >= 0.3 is 17.8 Å². The summed E-state index contributed by atoms with van der Waals surface area (Å²) in [4.78, 5) is 7.11. The average Bonchev–Trinajstić information content (AvgIpc) is 1.82. The van der Waals surface area contributed by atoms with Crippen LogP contribution in [-0.4, -0.2) is 9.97 Å². The molecule has 1 rings (SSSR count). The van der Waals surface area contributed by atoms with Gasteiger partial charge in [0.05, 0.1) is 0 Å². The first-order chi connectivity index (χ1) is 4.61. The second-order valence-electron chi connectivity index (χ2n) is 1.59. The first-order valence-electron chi connectivity index (χ1n) is 2.39. The van der Waals surface area contributed by atoms with Crippen molar-refractivity contribution in [3.63, 3.8) is 0 Å². The molecule has 0 aliphatic heterocycles. The molecule has 10 heavy (non-hydrogen) atoms. The van der Waals surface area contributed by atoms with E-state index in [-0.39, 0.29) is 17.8 Å². The first-order valence-corrected chi connectivity index (χ1v) is 2.76. The van der Waals surface area contributed by atoms with Crippen LogP contribution in [-0.2, 0) is 12.8 Å². The molecule has 0 bridgehead atoms. The minimum atomic E-state index is 0.0242. The summed E-state index contributed by atoms with van der Waals surface area (Å²) in [7, 11) is 0. The molecular weight excluding hydrogens is 152 g/mol. The van der Waals surface area contributed by atoms with Gasteiger partial charge in [0.1, 0.15) is 0 Å². The Morgan fingerprint density at radius 2 is 1.50 bits per heavy atom. The molecule has 54 valence electrons. The molecule has 6 nitrogen and oxygen atoms in total. The first kappa shape index (κ1) is 6.75. The van der Waals surface area contributed by atoms with E-state index in [9.17, 15) is 0 Å². The van der Waals surface area contributed by atoms with Crippen molar-refractivity contribution in [1.29, 1.82) is 0 Å². The normalized spacial score (nSPS) is 9.60. The molecule has 0 amide bonds. The fraction of sp³-hybridized carbons (Fsp3) is 0. The molecule has 1 heterocycles. The van der Waals surface area contributed by atoms with E-state index < -0.39 is 0 Å². The number of nitrogen functional groups attached to an aromatic ring is 3. The van der Waals surface area contributed by atoms with Crippen LogP contribution >= 0.6 is 0 Å². The number of nitrogens with zero attached hydrogens (tertiary/aromatic N) is 3. The molecule has 0 unspecified atom stereocenters. The van der Waals surface area contributed by atoms with Gasteiger partial charge in [-0.1, -0.05) is 9.97 Å². The summed E-state index contributed by atoms with van der Waals surface area (Å²) in [6, 6.07) is 0. The molecule has 6 N–H and O–H groups in total. The Bertz CT molecular complexity index is 236. The van der Waals surface area contributed by atoms with Gasteiger partial charge in [-0.05, 0) is 0 Å². The standard InChI is InChI=1S/C3H6N6S/c4-1-7-2(5)9(10)3(6)8-1/h(H6,4,5,6,7,8). The third-order valence-corrected chi connectivity index (χ3v) is 1.25. The van der Waals surface area contributed by atoms with Gasteiger partial charge < -0.3 is 34.0 Å². The molecular formula is C3H6N6S. The smallest absolute Gasteiger partial charge is 0.317 e. The fourth-order valence-electron chi connectivity index (χ4n) is 0.468. The summed E-state index contributed by atoms with van der Waals surface area (Å²) < 4.78 is 1.02. The Morgan fingerprint density at radius 1 is 1.10 bits per heavy atom. The maximum atomic E-state index is 5.27. The molecule has 0 saturated carbocycles. The molecule has 0 aliphatic rings. The quantitative estimate of drug-likeness (QED) is 0.292. The lowest BCUT2D eigenvalue weighted by Crippen LogP contribution is -2.37. The van der Waals surface area contributed by atoms with Crippen molar-refractivity contribution in [1.82, 2.24) is 9.97 Å². The predicted octanol–water partition coefficient (Wildman–Crippen LogP) is -2.18. The SMILES string of the molecule is Nc1nc(N)[n+]([S-])c(N)n1. The van der Waals surface area contributed by atoms with Crippen LogP contribution in [0.25, 0.3) is 0 Å². The molecule has 7 heteroatoms. The van der Waals surface area contributed by atoms with Crippen molar-refractivity contribution in [3.05, 3.63) is 0 Å². The summed E-state index contributed by atoms with van der Waals surface area (Å²) in [5.41, 5.74) is 15.7. The van der Waals surface area contributed by atoms with Gasteiger partial charge in [0, 0.05) is 0 Å². The van der Waals surface area contributed by atoms with E-state index in [1.807, 2.05) is 0 Å². The average molecular weight is 158 g/mol. The summed E-state index contributed by atoms with van der Waals surface area (Å²) in [6.07, 6.45) is 0. The van der Waals surface area contributed by atoms with E-state index >= 15 is 0 Å². The Labute approximate surface area is 62.6 Å². The highest BCUT2D eigenvalue weighted by Gasteiger charge is 2.03. The van der Waals surface area contributed by atoms with E-state index in [4.69, 9.17) is 17.2 Å². The summed E-state index contributed by atoms with van der Waals surface area (Å²) in [6.45, 7) is 0. The lowest BCUT2D eigenvalue weighted by atomic mass is 10.8. The van der Waals surface area contributed by atoms with Crippen LogP contribution in [0.2, 0.25) is 0 Å². The van der Waals surface area contributed by atoms with Crippen molar-refractivity contribution in [2.24, 2.45) is 0 Å². The van der Waals surface area contributed by atoms with Gasteiger partial charge in [-0.15, -0.1) is 0 Å². The van der Waals surface area contributed by atoms with Crippen LogP contribution < -0.4 is 21.2 Å². The van der Waals surface area contributed by atoms with Crippen LogP contribution in [0.4, 0.5) is 17.8 Å². The summed E-state index contributed by atoms with van der Waals surface area (Å²) in [5.74, 6) is 0.163. The number of hydrogen-bond donors (Lipinski definition) is 3. The number of anilines is 3. The largest absolute Gasteiger partial charge is 0.626 e. The van der Waals surface area contributed by atoms with Gasteiger partial charge in [0.25, 0.3) is 0 Å². The zero-order valence-electron chi connectivity index (χ0n) is 4.98. The molecule has 0 fully saturated rings. The summed E-state index contributed by atoms with van der Waals surface area (Å²) in [5, 5.41) is 0. The highest BCUT2D eigenvalue weighted by molar-refractivity contribution is 7.51. The monoisotopic (exact) mass is 158 g/mol. The van der Waals surface area contributed by atoms with Crippen molar-refractivity contribution in [3.8, 4) is 0 Å². The fourth-order valence-corrected chi connectivity index (χ4v) is 0.550. The molecule has 0 saturated heterocycles. The zero-order valence-corrected chi connectivity index (χ0v) is 5.80. The van der Waals surface area contributed by atoms with Gasteiger partial charge in [-0.3, -0.25) is 0 Å². The molecule has 0 atom stereocenters. The second-order valence-corrected chi connectivity index (χ2v) is 1.96. The van der Waals surface area contributed by atoms with Crippen molar-refractivity contribution >= 4 is 30.7 Å². The van der Waals surface area contributed by atoms with E-state index in [0.29, 0.717) is 0 Å². The molecule has 1 aromatic rings. The van der Waals surface area contributed by atoms with E-state index in [1.165, 1.54) is 0 Å².